The fourth-order valence-electron chi connectivity index (χ4n) is 1.71. The molecule has 1 heterocycles. The van der Waals surface area contributed by atoms with Crippen molar-refractivity contribution in [2.75, 3.05) is 19.0 Å². The molecule has 0 atom stereocenters. The summed E-state index contributed by atoms with van der Waals surface area (Å²) in [5.74, 6) is 0. The summed E-state index contributed by atoms with van der Waals surface area (Å²) >= 11 is 0. The molecule has 0 saturated heterocycles. The molecule has 0 aliphatic heterocycles. The minimum absolute atomic E-state index is 0.000150. The Labute approximate surface area is 122 Å². The topological polar surface area (TPSA) is 109 Å². The smallest absolute Gasteiger partial charge is 0.240 e. The van der Waals surface area contributed by atoms with E-state index < -0.39 is 10.0 Å². The molecule has 2 aromatic rings. The van der Waals surface area contributed by atoms with Gasteiger partial charge in [-0.25, -0.2) is 17.8 Å². The summed E-state index contributed by atoms with van der Waals surface area (Å²) in [4.78, 5) is 0.193. The first-order valence-electron chi connectivity index (χ1n) is 6.32. The second-order valence-corrected chi connectivity index (χ2v) is 6.17. The summed E-state index contributed by atoms with van der Waals surface area (Å²) in [5, 5.41) is 19.7. The van der Waals surface area contributed by atoms with Crippen LogP contribution >= 0.6 is 0 Å². The number of nitrogens with one attached hydrogen (secondary N) is 2. The van der Waals surface area contributed by atoms with Crippen LogP contribution < -0.4 is 10.0 Å². The molecule has 114 valence electrons. The number of rotatable bonds is 7. The number of benzene rings is 1. The number of aromatic nitrogens is 3. The Kier molecular flexibility index (Phi) is 4.89. The number of hydrogen-bond acceptors (Lipinski definition) is 6. The summed E-state index contributed by atoms with van der Waals surface area (Å²) in [6.07, 6.45) is 1.72. The molecule has 0 fully saturated rings. The van der Waals surface area contributed by atoms with Crippen LogP contribution in [0.1, 0.15) is 5.69 Å². The molecule has 0 aliphatic rings. The van der Waals surface area contributed by atoms with Crippen LogP contribution in [0, 0.1) is 0 Å². The Hall–Kier alpha value is -1.97. The van der Waals surface area contributed by atoms with Crippen LogP contribution in [-0.4, -0.2) is 42.2 Å². The molecule has 2 rings (SSSR count). The Balaban J connectivity index is 2.04. The summed E-state index contributed by atoms with van der Waals surface area (Å²) < 4.78 is 27.2. The zero-order valence-corrected chi connectivity index (χ0v) is 12.3. The van der Waals surface area contributed by atoms with Gasteiger partial charge in [0.25, 0.3) is 0 Å². The summed E-state index contributed by atoms with van der Waals surface area (Å²) in [5.41, 5.74) is 1.37. The van der Waals surface area contributed by atoms with Crippen molar-refractivity contribution >= 4 is 15.7 Å². The molecule has 1 aromatic carbocycles. The van der Waals surface area contributed by atoms with Gasteiger partial charge in [0.05, 0.1) is 30.8 Å². The maximum Gasteiger partial charge on any atom is 0.240 e. The Bertz CT molecular complexity index is 698. The Morgan fingerprint density at radius 1 is 1.38 bits per heavy atom. The van der Waals surface area contributed by atoms with Gasteiger partial charge in [-0.3, -0.25) is 0 Å². The van der Waals surface area contributed by atoms with Crippen molar-refractivity contribution in [2.45, 2.75) is 18.0 Å². The molecule has 8 nitrogen and oxygen atoms in total. The number of aliphatic hydroxyl groups excluding tert-OH is 1. The van der Waals surface area contributed by atoms with Gasteiger partial charge in [0.2, 0.25) is 10.0 Å². The molecule has 0 bridgehead atoms. The van der Waals surface area contributed by atoms with Crippen molar-refractivity contribution < 1.29 is 13.5 Å². The standard InChI is InChI=1S/C12H17N5O3S/c1-13-21(19,20)12-4-2-3-10(7-12)14-8-11-9-17(5-6-18)16-15-11/h2-4,7,9,13-14,18H,5-6,8H2,1H3. The number of hydrogen-bond donors (Lipinski definition) is 3. The third kappa shape index (κ3) is 4.00. The van der Waals surface area contributed by atoms with E-state index in [0.29, 0.717) is 24.5 Å². The molecule has 0 radical (unpaired) electrons. The summed E-state index contributed by atoms with van der Waals surface area (Å²) in [7, 11) is -2.09. The van der Waals surface area contributed by atoms with Gasteiger partial charge in [-0.05, 0) is 25.2 Å². The van der Waals surface area contributed by atoms with Crippen LogP contribution in [0.5, 0.6) is 0 Å². The van der Waals surface area contributed by atoms with Crippen LogP contribution in [0.15, 0.2) is 35.4 Å². The second kappa shape index (κ2) is 6.66. The van der Waals surface area contributed by atoms with Crippen LogP contribution in [0.2, 0.25) is 0 Å². The average Bonchev–Trinajstić information content (AvgIpc) is 2.93. The zero-order chi connectivity index (χ0) is 15.3. The maximum atomic E-state index is 11.7. The second-order valence-electron chi connectivity index (χ2n) is 4.29. The van der Waals surface area contributed by atoms with Crippen molar-refractivity contribution in [2.24, 2.45) is 0 Å². The molecule has 0 unspecified atom stereocenters. The van der Waals surface area contributed by atoms with Crippen molar-refractivity contribution in [3.05, 3.63) is 36.2 Å². The van der Waals surface area contributed by atoms with Crippen molar-refractivity contribution in [1.82, 2.24) is 19.7 Å². The van der Waals surface area contributed by atoms with Gasteiger partial charge in [0, 0.05) is 5.69 Å². The number of aliphatic hydroxyl groups is 1. The highest BCUT2D eigenvalue weighted by Crippen LogP contribution is 2.15. The van der Waals surface area contributed by atoms with Crippen molar-refractivity contribution in [1.29, 1.82) is 0 Å². The van der Waals surface area contributed by atoms with Gasteiger partial charge in [-0.2, -0.15) is 0 Å². The molecule has 21 heavy (non-hydrogen) atoms. The van der Waals surface area contributed by atoms with Gasteiger partial charge >= 0.3 is 0 Å². The van der Waals surface area contributed by atoms with Crippen molar-refractivity contribution in [3.8, 4) is 0 Å². The normalized spacial score (nSPS) is 11.5. The SMILES string of the molecule is CNS(=O)(=O)c1cccc(NCc2cn(CCO)nn2)c1. The fraction of sp³-hybridized carbons (Fsp3) is 0.333. The van der Waals surface area contributed by atoms with Crippen molar-refractivity contribution in [3.63, 3.8) is 0 Å². The first-order chi connectivity index (χ1) is 10.0. The molecule has 0 aliphatic carbocycles. The molecule has 1 aromatic heterocycles. The highest BCUT2D eigenvalue weighted by atomic mass is 32.2. The molecule has 0 spiro atoms. The van der Waals surface area contributed by atoms with E-state index in [1.54, 1.807) is 29.1 Å². The first kappa shape index (κ1) is 15.4. The fourth-order valence-corrected chi connectivity index (χ4v) is 2.49. The lowest BCUT2D eigenvalue weighted by atomic mass is 10.3. The van der Waals surface area contributed by atoms with E-state index in [1.165, 1.54) is 13.1 Å². The molecular weight excluding hydrogens is 294 g/mol. The van der Waals surface area contributed by atoms with E-state index in [1.807, 2.05) is 0 Å². The Morgan fingerprint density at radius 3 is 2.90 bits per heavy atom. The predicted octanol–water partition coefficient (Wildman–Crippen LogP) is -0.209. The van der Waals surface area contributed by atoms with Crippen LogP contribution in [0.3, 0.4) is 0 Å². The zero-order valence-electron chi connectivity index (χ0n) is 11.5. The third-order valence-corrected chi connectivity index (χ3v) is 4.21. The van der Waals surface area contributed by atoms with Gasteiger partial charge in [0.1, 0.15) is 5.69 Å². The minimum atomic E-state index is -3.46. The lowest BCUT2D eigenvalue weighted by Gasteiger charge is -2.07. The molecule has 0 amide bonds. The van der Waals surface area contributed by atoms with E-state index in [2.05, 4.69) is 20.4 Å². The van der Waals surface area contributed by atoms with E-state index in [4.69, 9.17) is 5.11 Å². The third-order valence-electron chi connectivity index (χ3n) is 2.80. The molecule has 3 N–H and O–H groups in total. The summed E-state index contributed by atoms with van der Waals surface area (Å²) in [6.45, 7) is 0.803. The molecular formula is C12H17N5O3S. The quantitative estimate of drug-likeness (QED) is 0.653. The van der Waals surface area contributed by atoms with Crippen LogP contribution in [0.4, 0.5) is 5.69 Å². The molecule has 9 heteroatoms. The van der Waals surface area contributed by atoms with Crippen LogP contribution in [0.25, 0.3) is 0 Å². The lowest BCUT2D eigenvalue weighted by Crippen LogP contribution is -2.18. The number of nitrogens with zero attached hydrogens (tertiary/aromatic N) is 3. The van der Waals surface area contributed by atoms with Gasteiger partial charge in [0.15, 0.2) is 0 Å². The van der Waals surface area contributed by atoms with E-state index in [0.717, 1.165) is 0 Å². The molecule has 0 saturated carbocycles. The summed E-state index contributed by atoms with van der Waals surface area (Å²) in [6, 6.07) is 6.50. The number of anilines is 1. The number of sulfonamides is 1. The van der Waals surface area contributed by atoms with E-state index in [9.17, 15) is 8.42 Å². The van der Waals surface area contributed by atoms with Gasteiger partial charge in [-0.1, -0.05) is 11.3 Å². The highest BCUT2D eigenvalue weighted by Gasteiger charge is 2.11. The maximum absolute atomic E-state index is 11.7. The first-order valence-corrected chi connectivity index (χ1v) is 7.81. The van der Waals surface area contributed by atoms with Gasteiger partial charge < -0.3 is 10.4 Å². The predicted molar refractivity (Wildman–Crippen MR) is 77.1 cm³/mol. The highest BCUT2D eigenvalue weighted by molar-refractivity contribution is 7.89. The van der Waals surface area contributed by atoms with E-state index in [-0.39, 0.29) is 11.5 Å². The monoisotopic (exact) mass is 311 g/mol. The average molecular weight is 311 g/mol. The Morgan fingerprint density at radius 2 is 2.19 bits per heavy atom. The lowest BCUT2D eigenvalue weighted by molar-refractivity contribution is 0.268. The minimum Gasteiger partial charge on any atom is -0.394 e. The van der Waals surface area contributed by atoms with E-state index >= 15 is 0 Å². The largest absolute Gasteiger partial charge is 0.394 e. The van der Waals surface area contributed by atoms with Gasteiger partial charge in [-0.15, -0.1) is 5.10 Å². The van der Waals surface area contributed by atoms with Crippen LogP contribution in [-0.2, 0) is 23.1 Å².